The summed E-state index contributed by atoms with van der Waals surface area (Å²) in [7, 11) is 0. The summed E-state index contributed by atoms with van der Waals surface area (Å²) in [5.41, 5.74) is 1.69. The van der Waals surface area contributed by atoms with E-state index in [1.165, 1.54) is 6.08 Å². The molecule has 15 heavy (non-hydrogen) atoms. The largest absolute Gasteiger partial charge is 0.339 e. The van der Waals surface area contributed by atoms with Gasteiger partial charge >= 0.3 is 0 Å². The number of pyridine rings is 2. The number of nitrogens with one attached hydrogen (secondary N) is 1. The molecule has 0 atom stereocenters. The topological polar surface area (TPSA) is 45.8 Å². The first-order chi connectivity index (χ1) is 7.27. The molecule has 0 amide bonds. The quantitative estimate of drug-likeness (QED) is 0.804. The first kappa shape index (κ1) is 9.40. The van der Waals surface area contributed by atoms with Crippen LogP contribution in [-0.2, 0) is 0 Å². The van der Waals surface area contributed by atoms with Gasteiger partial charge in [0.05, 0.1) is 11.1 Å². The van der Waals surface area contributed by atoms with Gasteiger partial charge in [-0.2, -0.15) is 0 Å². The minimum atomic E-state index is -0.0678. The summed E-state index contributed by atoms with van der Waals surface area (Å²) in [5, 5.41) is 0.568. The monoisotopic (exact) mass is 198 g/mol. The molecular formula is C12H10N2O. The van der Waals surface area contributed by atoms with Crippen molar-refractivity contribution in [2.24, 2.45) is 0 Å². The van der Waals surface area contributed by atoms with Crippen LogP contribution in [0.2, 0.25) is 0 Å². The molecule has 0 unspecified atom stereocenters. The molecule has 0 spiro atoms. The number of hydrogen-bond donors (Lipinski definition) is 1. The summed E-state index contributed by atoms with van der Waals surface area (Å²) in [6.45, 7) is 7.26. The first-order valence-corrected chi connectivity index (χ1v) is 4.54. The van der Waals surface area contributed by atoms with Crippen molar-refractivity contribution in [3.8, 4) is 0 Å². The fraction of sp³-hybridized carbons (Fsp3) is 0. The van der Waals surface area contributed by atoms with Gasteiger partial charge in [0.2, 0.25) is 0 Å². The lowest BCUT2D eigenvalue weighted by atomic mass is 10.1. The average molecular weight is 198 g/mol. The highest BCUT2D eigenvalue weighted by atomic mass is 16.1. The molecule has 0 saturated carbocycles. The third-order valence-corrected chi connectivity index (χ3v) is 2.25. The molecule has 74 valence electrons. The summed E-state index contributed by atoms with van der Waals surface area (Å²) in [6.07, 6.45) is 4.76. The second kappa shape index (κ2) is 3.53. The predicted molar refractivity (Wildman–Crippen MR) is 62.5 cm³/mol. The van der Waals surface area contributed by atoms with Gasteiger partial charge in [-0.15, -0.1) is 0 Å². The van der Waals surface area contributed by atoms with E-state index >= 15 is 0 Å². The van der Waals surface area contributed by atoms with Crippen molar-refractivity contribution in [1.82, 2.24) is 9.97 Å². The van der Waals surface area contributed by atoms with Crippen molar-refractivity contribution < 1.29 is 0 Å². The molecular weight excluding hydrogens is 188 g/mol. The number of nitrogens with zero attached hydrogens (tertiary/aromatic N) is 1. The molecule has 0 fully saturated rings. The van der Waals surface area contributed by atoms with Crippen LogP contribution in [0.4, 0.5) is 0 Å². The van der Waals surface area contributed by atoms with Crippen LogP contribution >= 0.6 is 0 Å². The van der Waals surface area contributed by atoms with Crippen molar-refractivity contribution in [2.75, 3.05) is 0 Å². The molecule has 3 nitrogen and oxygen atoms in total. The van der Waals surface area contributed by atoms with E-state index in [9.17, 15) is 4.79 Å². The first-order valence-electron chi connectivity index (χ1n) is 4.54. The number of aromatic nitrogens is 2. The zero-order chi connectivity index (χ0) is 10.8. The van der Waals surface area contributed by atoms with Gasteiger partial charge in [-0.3, -0.25) is 4.79 Å². The van der Waals surface area contributed by atoms with Gasteiger partial charge in [-0.05, 0) is 18.2 Å². The zero-order valence-electron chi connectivity index (χ0n) is 8.16. The van der Waals surface area contributed by atoms with Crippen molar-refractivity contribution in [2.45, 2.75) is 0 Å². The third kappa shape index (κ3) is 1.38. The van der Waals surface area contributed by atoms with Gasteiger partial charge in [0.1, 0.15) is 5.65 Å². The Kier molecular flexibility index (Phi) is 2.21. The molecule has 0 radical (unpaired) electrons. The summed E-state index contributed by atoms with van der Waals surface area (Å²) in [5.74, 6) is 0. The fourth-order valence-electron chi connectivity index (χ4n) is 1.51. The molecule has 0 aliphatic carbocycles. The molecule has 0 saturated heterocycles. The maximum atomic E-state index is 12.0. The molecule has 3 heteroatoms. The van der Waals surface area contributed by atoms with Crippen LogP contribution < -0.4 is 5.43 Å². The average Bonchev–Trinajstić information content (AvgIpc) is 2.29. The lowest BCUT2D eigenvalue weighted by Gasteiger charge is -2.03. The van der Waals surface area contributed by atoms with Crippen LogP contribution in [0.25, 0.3) is 23.2 Å². The van der Waals surface area contributed by atoms with E-state index in [-0.39, 0.29) is 5.43 Å². The van der Waals surface area contributed by atoms with Crippen molar-refractivity contribution in [1.29, 1.82) is 0 Å². The van der Waals surface area contributed by atoms with E-state index in [1.807, 2.05) is 0 Å². The molecule has 2 aromatic heterocycles. The van der Waals surface area contributed by atoms with Crippen molar-refractivity contribution >= 4 is 23.2 Å². The van der Waals surface area contributed by atoms with E-state index in [2.05, 4.69) is 23.1 Å². The molecule has 2 rings (SSSR count). The number of fused-ring (bicyclic) bond motifs is 1. The highest BCUT2D eigenvalue weighted by Gasteiger charge is 2.06. The van der Waals surface area contributed by atoms with Crippen LogP contribution in [-0.4, -0.2) is 9.97 Å². The number of rotatable bonds is 2. The van der Waals surface area contributed by atoms with E-state index in [0.29, 0.717) is 22.3 Å². The summed E-state index contributed by atoms with van der Waals surface area (Å²) in [4.78, 5) is 19.1. The fourth-order valence-corrected chi connectivity index (χ4v) is 1.51. The van der Waals surface area contributed by atoms with Gasteiger partial charge in [0.25, 0.3) is 0 Å². The zero-order valence-corrected chi connectivity index (χ0v) is 8.16. The van der Waals surface area contributed by atoms with Gasteiger partial charge in [0, 0.05) is 11.8 Å². The summed E-state index contributed by atoms with van der Waals surface area (Å²) in [6, 6.07) is 3.47. The van der Waals surface area contributed by atoms with Gasteiger partial charge in [-0.1, -0.05) is 19.2 Å². The standard InChI is InChI=1S/C12H10N2O/c1-3-8-10(4-2)14-12-9(11(8)15)6-5-7-13-12/h3-7H,1-2H2,(H,13,14,15). The number of aromatic amines is 1. The number of H-pyrrole nitrogens is 1. The van der Waals surface area contributed by atoms with Gasteiger partial charge < -0.3 is 4.98 Å². The van der Waals surface area contributed by atoms with E-state index in [4.69, 9.17) is 0 Å². The van der Waals surface area contributed by atoms with Crippen LogP contribution in [0.15, 0.2) is 36.3 Å². The van der Waals surface area contributed by atoms with Crippen molar-refractivity contribution in [3.05, 3.63) is 53.0 Å². The summed E-state index contributed by atoms with van der Waals surface area (Å²) < 4.78 is 0. The summed E-state index contributed by atoms with van der Waals surface area (Å²) >= 11 is 0. The van der Waals surface area contributed by atoms with Crippen molar-refractivity contribution in [3.63, 3.8) is 0 Å². The van der Waals surface area contributed by atoms with Crippen LogP contribution in [0.5, 0.6) is 0 Å². The minimum Gasteiger partial charge on any atom is -0.339 e. The molecule has 0 bridgehead atoms. The molecule has 0 aliphatic heterocycles. The Morgan fingerprint density at radius 1 is 1.33 bits per heavy atom. The van der Waals surface area contributed by atoms with E-state index in [1.54, 1.807) is 24.4 Å². The highest BCUT2D eigenvalue weighted by molar-refractivity contribution is 5.80. The Morgan fingerprint density at radius 2 is 2.13 bits per heavy atom. The Balaban J connectivity index is 3.00. The van der Waals surface area contributed by atoms with Crippen LogP contribution in [0, 0.1) is 0 Å². The number of hydrogen-bond acceptors (Lipinski definition) is 2. The molecule has 2 aromatic rings. The Morgan fingerprint density at radius 3 is 2.80 bits per heavy atom. The van der Waals surface area contributed by atoms with Crippen LogP contribution in [0.1, 0.15) is 11.3 Å². The lowest BCUT2D eigenvalue weighted by molar-refractivity contribution is 1.25. The lowest BCUT2D eigenvalue weighted by Crippen LogP contribution is -2.10. The third-order valence-electron chi connectivity index (χ3n) is 2.25. The normalized spacial score (nSPS) is 10.1. The second-order valence-corrected chi connectivity index (χ2v) is 3.09. The Bertz CT molecular complexity index is 596. The van der Waals surface area contributed by atoms with Gasteiger partial charge in [0.15, 0.2) is 5.43 Å². The highest BCUT2D eigenvalue weighted by Crippen LogP contribution is 2.10. The Hall–Kier alpha value is -2.16. The van der Waals surface area contributed by atoms with E-state index in [0.717, 1.165) is 0 Å². The van der Waals surface area contributed by atoms with E-state index < -0.39 is 0 Å². The second-order valence-electron chi connectivity index (χ2n) is 3.09. The maximum Gasteiger partial charge on any atom is 0.198 e. The minimum absolute atomic E-state index is 0.0678. The molecule has 0 aliphatic rings. The maximum absolute atomic E-state index is 12.0. The molecule has 0 aromatic carbocycles. The molecule has 1 N–H and O–H groups in total. The Labute approximate surface area is 86.8 Å². The molecule has 2 heterocycles. The van der Waals surface area contributed by atoms with Gasteiger partial charge in [-0.25, -0.2) is 4.98 Å². The smallest absolute Gasteiger partial charge is 0.198 e. The van der Waals surface area contributed by atoms with Crippen LogP contribution in [0.3, 0.4) is 0 Å². The predicted octanol–water partition coefficient (Wildman–Crippen LogP) is 2.21. The SMILES string of the molecule is C=Cc1[nH]c2ncccc2c(=O)c1C=C.